The first-order valence-corrected chi connectivity index (χ1v) is 19.6. The molecule has 4 N–H and O–H groups in total. The summed E-state index contributed by atoms with van der Waals surface area (Å²) in [5.41, 5.74) is 7.71. The van der Waals surface area contributed by atoms with Crippen LogP contribution < -0.4 is 20.7 Å². The molecular weight excluding hydrogens is 651 g/mol. The van der Waals surface area contributed by atoms with Crippen molar-refractivity contribution in [1.29, 1.82) is 0 Å². The highest BCUT2D eigenvalue weighted by molar-refractivity contribution is 5.64. The Labute approximate surface area is 319 Å². The lowest BCUT2D eigenvalue weighted by Crippen LogP contribution is -2.62. The number of rotatable bonds is 20. The van der Waals surface area contributed by atoms with E-state index in [0.717, 1.165) is 54.5 Å². The molecule has 0 saturated carbocycles. The van der Waals surface area contributed by atoms with E-state index in [2.05, 4.69) is 142 Å². The molecule has 4 aromatic rings. The monoisotopic (exact) mass is 711 g/mol. The van der Waals surface area contributed by atoms with E-state index in [9.17, 15) is 5.11 Å². The first kappa shape index (κ1) is 39.5. The second-order valence-electron chi connectivity index (χ2n) is 15.4. The van der Waals surface area contributed by atoms with Crippen molar-refractivity contribution >= 4 is 17.1 Å². The largest absolute Gasteiger partial charge is 0.508 e. The number of nitrogens with one attached hydrogen (secondary N) is 3. The van der Waals surface area contributed by atoms with Crippen LogP contribution in [-0.2, 0) is 12.0 Å². The molecule has 1 heterocycles. The van der Waals surface area contributed by atoms with Gasteiger partial charge in [0.25, 0.3) is 0 Å². The van der Waals surface area contributed by atoms with Gasteiger partial charge in [-0.25, -0.2) is 0 Å². The summed E-state index contributed by atoms with van der Waals surface area (Å²) in [6, 6.07) is 33.5. The van der Waals surface area contributed by atoms with Crippen molar-refractivity contribution in [2.75, 3.05) is 23.8 Å². The smallest absolute Gasteiger partial charge is 0.119 e. The lowest BCUT2D eigenvalue weighted by Gasteiger charge is -2.50. The Hall–Kier alpha value is -4.74. The third kappa shape index (κ3) is 10.9. The van der Waals surface area contributed by atoms with Crippen LogP contribution >= 0.6 is 0 Å². The van der Waals surface area contributed by atoms with Crippen molar-refractivity contribution in [3.05, 3.63) is 150 Å². The topological polar surface area (TPSA) is 65.5 Å². The number of phenols is 1. The molecule has 1 saturated heterocycles. The summed E-state index contributed by atoms with van der Waals surface area (Å²) < 4.78 is 6.07. The van der Waals surface area contributed by atoms with Gasteiger partial charge in [0.1, 0.15) is 11.5 Å². The summed E-state index contributed by atoms with van der Waals surface area (Å²) in [4.78, 5) is 0. The Bertz CT molecular complexity index is 1770. The zero-order valence-electron chi connectivity index (χ0n) is 32.6. The Kier molecular flexibility index (Phi) is 14.0. The molecule has 0 bridgehead atoms. The highest BCUT2D eigenvalue weighted by Gasteiger charge is 2.45. The lowest BCUT2D eigenvalue weighted by molar-refractivity contribution is 0.112. The van der Waals surface area contributed by atoms with Gasteiger partial charge in [0.2, 0.25) is 0 Å². The number of aromatic hydroxyl groups is 1. The van der Waals surface area contributed by atoms with E-state index >= 15 is 0 Å². The summed E-state index contributed by atoms with van der Waals surface area (Å²) in [7, 11) is 0. The van der Waals surface area contributed by atoms with Gasteiger partial charge in [-0.1, -0.05) is 122 Å². The van der Waals surface area contributed by atoms with Gasteiger partial charge in [0, 0.05) is 29.3 Å². The number of hydrogen-bond donors (Lipinski definition) is 4. The van der Waals surface area contributed by atoms with Gasteiger partial charge >= 0.3 is 0 Å². The van der Waals surface area contributed by atoms with Gasteiger partial charge in [-0.3, -0.25) is 0 Å². The Balaban J connectivity index is 1.14. The van der Waals surface area contributed by atoms with Crippen LogP contribution in [0.2, 0.25) is 0 Å². The maximum absolute atomic E-state index is 9.70. The number of benzene rings is 4. The van der Waals surface area contributed by atoms with Crippen molar-refractivity contribution in [2.24, 2.45) is 11.3 Å². The molecule has 1 aliphatic rings. The quantitative estimate of drug-likeness (QED) is 0.0543. The molecule has 0 radical (unpaired) electrons. The maximum Gasteiger partial charge on any atom is 0.119 e. The summed E-state index contributed by atoms with van der Waals surface area (Å²) in [6.07, 6.45) is 16.7. The van der Waals surface area contributed by atoms with Crippen LogP contribution in [0.15, 0.2) is 134 Å². The summed E-state index contributed by atoms with van der Waals surface area (Å²) in [6.45, 7) is 17.0. The van der Waals surface area contributed by atoms with Crippen LogP contribution in [0.1, 0.15) is 95.8 Å². The summed E-state index contributed by atoms with van der Waals surface area (Å²) >= 11 is 0. The van der Waals surface area contributed by atoms with Gasteiger partial charge in [-0.05, 0) is 120 Å². The van der Waals surface area contributed by atoms with Crippen molar-refractivity contribution in [1.82, 2.24) is 5.32 Å². The Morgan fingerprint density at radius 3 is 2.11 bits per heavy atom. The first-order chi connectivity index (χ1) is 25.6. The van der Waals surface area contributed by atoms with Gasteiger partial charge in [0.15, 0.2) is 0 Å². The molecule has 0 amide bonds. The molecule has 3 unspecified atom stereocenters. The van der Waals surface area contributed by atoms with Crippen molar-refractivity contribution in [3.63, 3.8) is 0 Å². The number of anilines is 3. The minimum absolute atomic E-state index is 0.0650. The fourth-order valence-corrected chi connectivity index (χ4v) is 7.10. The van der Waals surface area contributed by atoms with Crippen LogP contribution in [0.4, 0.5) is 17.1 Å². The molecule has 280 valence electrons. The van der Waals surface area contributed by atoms with Gasteiger partial charge < -0.3 is 25.8 Å². The minimum atomic E-state index is -0.108. The summed E-state index contributed by atoms with van der Waals surface area (Å²) in [5.74, 6) is 2.06. The van der Waals surface area contributed by atoms with Gasteiger partial charge in [-0.15, -0.1) is 0 Å². The number of ether oxygens (including phenoxy) is 1. The second-order valence-corrected chi connectivity index (χ2v) is 15.4. The molecule has 5 heteroatoms. The third-order valence-electron chi connectivity index (χ3n) is 11.1. The average molecular weight is 712 g/mol. The number of unbranched alkanes of at least 4 members (excludes halogenated alkanes) is 5. The highest BCUT2D eigenvalue weighted by atomic mass is 16.5. The third-order valence-corrected chi connectivity index (χ3v) is 11.1. The molecule has 3 atom stereocenters. The van der Waals surface area contributed by atoms with Crippen LogP contribution in [0.25, 0.3) is 0 Å². The molecule has 4 aromatic carbocycles. The molecular formula is C48H61N3O2. The van der Waals surface area contributed by atoms with E-state index in [0.29, 0.717) is 5.92 Å². The zero-order valence-corrected chi connectivity index (χ0v) is 32.6. The van der Waals surface area contributed by atoms with E-state index in [1.54, 1.807) is 18.2 Å². The van der Waals surface area contributed by atoms with Crippen molar-refractivity contribution < 1.29 is 9.84 Å². The standard InChI is InChI=1S/C48H61N3O2/c1-7-9-10-11-12-13-33-53-46-29-19-40(20-30-46)48(36(3)35-49-48)34-38-15-21-42(22-16-38)51-44-25-23-43(24-26-44)50-41(14-8-2)31-32-47(5,6)37(4)39-17-27-45(52)28-18-39/h8,14-32,36-37,49-52H,2,7,9-13,33-35H2,1,3-6H3/b32-31-,41-14+. The van der Waals surface area contributed by atoms with Crippen molar-refractivity contribution in [2.45, 2.75) is 91.0 Å². The lowest BCUT2D eigenvalue weighted by atomic mass is 9.69. The Morgan fingerprint density at radius 2 is 1.51 bits per heavy atom. The highest BCUT2D eigenvalue weighted by Crippen LogP contribution is 2.41. The van der Waals surface area contributed by atoms with Crippen LogP contribution in [0.3, 0.4) is 0 Å². The zero-order chi connectivity index (χ0) is 37.7. The van der Waals surface area contributed by atoms with E-state index < -0.39 is 0 Å². The number of allylic oxidation sites excluding steroid dienone is 4. The predicted molar refractivity (Wildman–Crippen MR) is 225 cm³/mol. The van der Waals surface area contributed by atoms with E-state index in [1.165, 1.54) is 48.8 Å². The van der Waals surface area contributed by atoms with Crippen LogP contribution in [-0.4, -0.2) is 18.3 Å². The van der Waals surface area contributed by atoms with E-state index in [-0.39, 0.29) is 22.6 Å². The molecule has 0 aromatic heterocycles. The molecule has 53 heavy (non-hydrogen) atoms. The molecule has 0 aliphatic carbocycles. The maximum atomic E-state index is 9.70. The second kappa shape index (κ2) is 18.8. The molecule has 1 aliphatic heterocycles. The number of phenolic OH excluding ortho intramolecular Hbond substituents is 1. The molecule has 5 rings (SSSR count). The normalized spacial score (nSPS) is 18.0. The van der Waals surface area contributed by atoms with Crippen molar-refractivity contribution in [3.8, 4) is 11.5 Å². The molecule has 5 nitrogen and oxygen atoms in total. The predicted octanol–water partition coefficient (Wildman–Crippen LogP) is 12.4. The summed E-state index contributed by atoms with van der Waals surface area (Å²) in [5, 5.41) is 20.6. The number of hydrogen-bond acceptors (Lipinski definition) is 5. The van der Waals surface area contributed by atoms with E-state index in [4.69, 9.17) is 4.74 Å². The minimum Gasteiger partial charge on any atom is -0.508 e. The van der Waals surface area contributed by atoms with Gasteiger partial charge in [0.05, 0.1) is 12.1 Å². The Morgan fingerprint density at radius 1 is 0.887 bits per heavy atom. The average Bonchev–Trinajstić information content (AvgIpc) is 3.17. The molecule has 0 spiro atoms. The fourth-order valence-electron chi connectivity index (χ4n) is 7.10. The van der Waals surface area contributed by atoms with Gasteiger partial charge in [-0.2, -0.15) is 0 Å². The van der Waals surface area contributed by atoms with Crippen LogP contribution in [0, 0.1) is 11.3 Å². The SMILES string of the molecule is C=C/C=C(\C=C/C(C)(C)C(C)c1ccc(O)cc1)Nc1ccc(Nc2ccc(CC3(c4ccc(OCCCCCCCC)cc4)NCC3C)cc2)cc1. The van der Waals surface area contributed by atoms with E-state index in [1.807, 2.05) is 18.2 Å². The van der Waals surface area contributed by atoms with Crippen LogP contribution in [0.5, 0.6) is 11.5 Å². The molecule has 1 fully saturated rings. The first-order valence-electron chi connectivity index (χ1n) is 19.6. The fraction of sp³-hybridized carbons (Fsp3) is 0.375.